The van der Waals surface area contributed by atoms with Crippen LogP contribution in [0.25, 0.3) is 0 Å². The first-order chi connectivity index (χ1) is 4.81. The molecule has 10 heavy (non-hydrogen) atoms. The van der Waals surface area contributed by atoms with Crippen LogP contribution in [0.15, 0.2) is 12.2 Å². The van der Waals surface area contributed by atoms with Gasteiger partial charge in [-0.1, -0.05) is 26.3 Å². The van der Waals surface area contributed by atoms with E-state index in [1.807, 2.05) is 20.9 Å². The molecule has 0 aliphatic heterocycles. The first kappa shape index (κ1) is 12.0. The van der Waals surface area contributed by atoms with E-state index < -0.39 is 0 Å². The SMILES string of the molecule is C#CC(=C)CCNC.CC. The number of terminal acetylenes is 1. The van der Waals surface area contributed by atoms with Crippen molar-refractivity contribution in [2.24, 2.45) is 0 Å². The largest absolute Gasteiger partial charge is 0.319 e. The molecule has 1 nitrogen and oxygen atoms in total. The number of rotatable bonds is 3. The summed E-state index contributed by atoms with van der Waals surface area (Å²) in [4.78, 5) is 0. The highest BCUT2D eigenvalue weighted by molar-refractivity contribution is 5.20. The van der Waals surface area contributed by atoms with E-state index in [1.54, 1.807) is 0 Å². The summed E-state index contributed by atoms with van der Waals surface area (Å²) in [6.07, 6.45) is 5.92. The van der Waals surface area contributed by atoms with Gasteiger partial charge in [-0.15, -0.1) is 6.42 Å². The van der Waals surface area contributed by atoms with Crippen LogP contribution in [-0.4, -0.2) is 13.6 Å². The van der Waals surface area contributed by atoms with Gasteiger partial charge in [-0.3, -0.25) is 0 Å². The lowest BCUT2D eigenvalue weighted by Gasteiger charge is -1.93. The van der Waals surface area contributed by atoms with Crippen LogP contribution in [0.2, 0.25) is 0 Å². The van der Waals surface area contributed by atoms with Gasteiger partial charge in [0.15, 0.2) is 0 Å². The van der Waals surface area contributed by atoms with Gasteiger partial charge in [0.2, 0.25) is 0 Å². The van der Waals surface area contributed by atoms with Crippen molar-refractivity contribution in [2.75, 3.05) is 13.6 Å². The smallest absolute Gasteiger partial charge is 0.000528 e. The number of hydrogen-bond acceptors (Lipinski definition) is 1. The zero-order chi connectivity index (χ0) is 8.41. The van der Waals surface area contributed by atoms with Gasteiger partial charge >= 0.3 is 0 Å². The summed E-state index contributed by atoms with van der Waals surface area (Å²) in [6.45, 7) is 8.55. The molecule has 0 saturated heterocycles. The standard InChI is InChI=1S/C7H11N.C2H6/c1-4-7(2)5-6-8-3;1-2/h1,8H,2,5-6H2,3H3;1-2H3. The van der Waals surface area contributed by atoms with Gasteiger partial charge in [-0.2, -0.15) is 0 Å². The van der Waals surface area contributed by atoms with Gasteiger partial charge in [0, 0.05) is 0 Å². The fourth-order valence-corrected chi connectivity index (χ4v) is 0.348. The Balaban J connectivity index is 0. The van der Waals surface area contributed by atoms with Crippen molar-refractivity contribution in [1.29, 1.82) is 0 Å². The van der Waals surface area contributed by atoms with E-state index in [1.165, 1.54) is 0 Å². The lowest BCUT2D eigenvalue weighted by Crippen LogP contribution is -2.07. The molecular weight excluding hydrogens is 122 g/mol. The molecule has 0 rings (SSSR count). The third-order valence-electron chi connectivity index (χ3n) is 0.881. The van der Waals surface area contributed by atoms with E-state index in [-0.39, 0.29) is 0 Å². The van der Waals surface area contributed by atoms with Crippen LogP contribution in [0.3, 0.4) is 0 Å². The van der Waals surface area contributed by atoms with Gasteiger partial charge in [-0.05, 0) is 25.6 Å². The molecule has 0 atom stereocenters. The van der Waals surface area contributed by atoms with E-state index >= 15 is 0 Å². The van der Waals surface area contributed by atoms with Crippen molar-refractivity contribution < 1.29 is 0 Å². The summed E-state index contributed by atoms with van der Waals surface area (Å²) in [5.74, 6) is 2.47. The number of nitrogens with one attached hydrogen (secondary N) is 1. The highest BCUT2D eigenvalue weighted by atomic mass is 14.8. The Morgan fingerprint density at radius 3 is 2.40 bits per heavy atom. The summed E-state index contributed by atoms with van der Waals surface area (Å²) in [6, 6.07) is 0. The van der Waals surface area contributed by atoms with E-state index in [0.29, 0.717) is 0 Å². The molecule has 0 bridgehead atoms. The molecule has 0 aliphatic carbocycles. The lowest BCUT2D eigenvalue weighted by molar-refractivity contribution is 0.798. The van der Waals surface area contributed by atoms with E-state index in [4.69, 9.17) is 6.42 Å². The minimum Gasteiger partial charge on any atom is -0.319 e. The molecule has 1 heteroatoms. The number of hydrogen-bond donors (Lipinski definition) is 1. The Labute approximate surface area is 64.5 Å². The van der Waals surface area contributed by atoms with Crippen molar-refractivity contribution in [1.82, 2.24) is 5.32 Å². The second kappa shape index (κ2) is 11.1. The summed E-state index contributed by atoms with van der Waals surface area (Å²) in [5.41, 5.74) is 0.861. The maximum absolute atomic E-state index is 5.04. The Hall–Kier alpha value is -0.740. The average Bonchev–Trinajstić information content (AvgIpc) is 2.04. The van der Waals surface area contributed by atoms with Crippen molar-refractivity contribution in [3.63, 3.8) is 0 Å². The second-order valence-corrected chi connectivity index (χ2v) is 1.60. The van der Waals surface area contributed by atoms with Crippen LogP contribution in [0, 0.1) is 12.3 Å². The van der Waals surface area contributed by atoms with Gasteiger partial charge in [0.1, 0.15) is 0 Å². The van der Waals surface area contributed by atoms with Crippen LogP contribution in [0.4, 0.5) is 0 Å². The van der Waals surface area contributed by atoms with Crippen LogP contribution in [-0.2, 0) is 0 Å². The van der Waals surface area contributed by atoms with Crippen molar-refractivity contribution in [2.45, 2.75) is 20.3 Å². The first-order valence-corrected chi connectivity index (χ1v) is 3.60. The van der Waals surface area contributed by atoms with Gasteiger partial charge < -0.3 is 5.32 Å². The van der Waals surface area contributed by atoms with Crippen LogP contribution in [0.1, 0.15) is 20.3 Å². The van der Waals surface area contributed by atoms with E-state index in [0.717, 1.165) is 18.5 Å². The topological polar surface area (TPSA) is 12.0 Å². The molecule has 0 spiro atoms. The zero-order valence-corrected chi connectivity index (χ0v) is 7.20. The predicted octanol–water partition coefficient (Wildman–Crippen LogP) is 1.81. The minimum absolute atomic E-state index is 0.861. The van der Waals surface area contributed by atoms with Crippen LogP contribution >= 0.6 is 0 Å². The fraction of sp³-hybridized carbons (Fsp3) is 0.556. The Kier molecular flexibility index (Phi) is 13.3. The highest BCUT2D eigenvalue weighted by Gasteiger charge is 1.83. The molecule has 0 fully saturated rings. The Bertz CT molecular complexity index is 108. The third-order valence-corrected chi connectivity index (χ3v) is 0.881. The maximum Gasteiger partial charge on any atom is -0.000528 e. The molecule has 0 aliphatic rings. The van der Waals surface area contributed by atoms with Crippen LogP contribution in [0.5, 0.6) is 0 Å². The van der Waals surface area contributed by atoms with Crippen molar-refractivity contribution >= 4 is 0 Å². The van der Waals surface area contributed by atoms with E-state index in [9.17, 15) is 0 Å². The van der Waals surface area contributed by atoms with Gasteiger partial charge in [0.25, 0.3) is 0 Å². The van der Waals surface area contributed by atoms with E-state index in [2.05, 4.69) is 17.8 Å². The fourth-order valence-electron chi connectivity index (χ4n) is 0.348. The molecule has 58 valence electrons. The summed E-state index contributed by atoms with van der Waals surface area (Å²) >= 11 is 0. The molecule has 0 amide bonds. The summed E-state index contributed by atoms with van der Waals surface area (Å²) < 4.78 is 0. The molecule has 0 aromatic heterocycles. The second-order valence-electron chi connectivity index (χ2n) is 1.60. The quantitative estimate of drug-likeness (QED) is 0.588. The van der Waals surface area contributed by atoms with Gasteiger partial charge in [0.05, 0.1) is 0 Å². The average molecular weight is 139 g/mol. The van der Waals surface area contributed by atoms with Crippen molar-refractivity contribution in [3.05, 3.63) is 12.2 Å². The van der Waals surface area contributed by atoms with Crippen molar-refractivity contribution in [3.8, 4) is 12.3 Å². The van der Waals surface area contributed by atoms with Gasteiger partial charge in [-0.25, -0.2) is 0 Å². The predicted molar refractivity (Wildman–Crippen MR) is 47.9 cm³/mol. The molecule has 0 radical (unpaired) electrons. The summed E-state index contributed by atoms with van der Waals surface area (Å²) in [7, 11) is 1.89. The molecule has 0 aromatic carbocycles. The molecule has 0 aromatic rings. The zero-order valence-electron chi connectivity index (χ0n) is 7.20. The maximum atomic E-state index is 5.04. The highest BCUT2D eigenvalue weighted by Crippen LogP contribution is 1.90. The third kappa shape index (κ3) is 10.3. The summed E-state index contributed by atoms with van der Waals surface area (Å²) in [5, 5.41) is 2.98. The molecule has 1 N–H and O–H groups in total. The van der Waals surface area contributed by atoms with Crippen LogP contribution < -0.4 is 5.32 Å². The molecule has 0 saturated carbocycles. The lowest BCUT2D eigenvalue weighted by atomic mass is 10.2. The molecular formula is C9H17N. The molecule has 0 unspecified atom stereocenters. The monoisotopic (exact) mass is 139 g/mol. The first-order valence-electron chi connectivity index (χ1n) is 3.60. The Morgan fingerprint density at radius 1 is 1.60 bits per heavy atom. The molecule has 0 heterocycles. The Morgan fingerprint density at radius 2 is 2.10 bits per heavy atom. The minimum atomic E-state index is 0.861. The normalized spacial score (nSPS) is 7.00.